The van der Waals surface area contributed by atoms with E-state index in [1.165, 1.54) is 25.3 Å². The lowest BCUT2D eigenvalue weighted by atomic mass is 10.1. The van der Waals surface area contributed by atoms with Crippen LogP contribution in [-0.2, 0) is 14.8 Å². The molecule has 1 rings (SSSR count). The van der Waals surface area contributed by atoms with Crippen LogP contribution in [0.3, 0.4) is 0 Å². The second-order valence-corrected chi connectivity index (χ2v) is 7.01. The van der Waals surface area contributed by atoms with Crippen LogP contribution in [0.15, 0.2) is 27.6 Å². The quantitative estimate of drug-likeness (QED) is 0.802. The molecule has 1 aromatic carbocycles. The number of aliphatic carboxylic acids is 1. The molecule has 0 fully saturated rings. The molecule has 0 radical (unpaired) electrons. The molecule has 112 valence electrons. The van der Waals surface area contributed by atoms with Gasteiger partial charge in [0.25, 0.3) is 0 Å². The molecule has 1 aromatic rings. The fourth-order valence-corrected chi connectivity index (χ4v) is 3.92. The standard InChI is InChI=1S/C12H16BrNO5S/c1-7(2)11(12(15)16)14-20(17,18)10-5-4-8(19-3)6-9(10)13/h4-7,11,14H,1-3H3,(H,15,16)/t11-/m0/s1. The summed E-state index contributed by atoms with van der Waals surface area (Å²) in [5.41, 5.74) is 0. The number of sulfonamides is 1. The molecule has 6 nitrogen and oxygen atoms in total. The molecule has 0 aromatic heterocycles. The van der Waals surface area contributed by atoms with E-state index in [1.54, 1.807) is 13.8 Å². The van der Waals surface area contributed by atoms with E-state index in [2.05, 4.69) is 20.7 Å². The van der Waals surface area contributed by atoms with Crippen molar-refractivity contribution in [2.24, 2.45) is 5.92 Å². The summed E-state index contributed by atoms with van der Waals surface area (Å²) >= 11 is 3.14. The van der Waals surface area contributed by atoms with Gasteiger partial charge in [0.2, 0.25) is 10.0 Å². The molecule has 0 bridgehead atoms. The van der Waals surface area contributed by atoms with E-state index >= 15 is 0 Å². The maximum Gasteiger partial charge on any atom is 0.322 e. The lowest BCUT2D eigenvalue weighted by Crippen LogP contribution is -2.44. The van der Waals surface area contributed by atoms with Crippen LogP contribution in [0.25, 0.3) is 0 Å². The van der Waals surface area contributed by atoms with E-state index < -0.39 is 22.0 Å². The summed E-state index contributed by atoms with van der Waals surface area (Å²) in [4.78, 5) is 11.0. The molecular weight excluding hydrogens is 350 g/mol. The minimum absolute atomic E-state index is 0.0369. The lowest BCUT2D eigenvalue weighted by Gasteiger charge is -2.18. The number of halogens is 1. The van der Waals surface area contributed by atoms with Crippen LogP contribution in [-0.4, -0.2) is 32.6 Å². The number of rotatable bonds is 6. The van der Waals surface area contributed by atoms with Gasteiger partial charge in [0.1, 0.15) is 11.8 Å². The number of nitrogens with one attached hydrogen (secondary N) is 1. The average Bonchev–Trinajstić information content (AvgIpc) is 2.34. The Morgan fingerprint density at radius 3 is 2.40 bits per heavy atom. The average molecular weight is 366 g/mol. The Kier molecular flexibility index (Phi) is 5.55. The first-order valence-electron chi connectivity index (χ1n) is 5.77. The Balaban J connectivity index is 3.14. The van der Waals surface area contributed by atoms with Gasteiger partial charge in [0.05, 0.1) is 12.0 Å². The summed E-state index contributed by atoms with van der Waals surface area (Å²) in [6, 6.07) is 3.16. The van der Waals surface area contributed by atoms with Crippen LogP contribution in [0, 0.1) is 5.92 Å². The van der Waals surface area contributed by atoms with Crippen LogP contribution in [0.4, 0.5) is 0 Å². The minimum atomic E-state index is -3.94. The van der Waals surface area contributed by atoms with E-state index in [4.69, 9.17) is 9.84 Å². The molecule has 8 heteroatoms. The van der Waals surface area contributed by atoms with Gasteiger partial charge in [-0.15, -0.1) is 0 Å². The van der Waals surface area contributed by atoms with Crippen molar-refractivity contribution in [3.8, 4) is 5.75 Å². The fourth-order valence-electron chi connectivity index (χ4n) is 1.53. The molecular formula is C12H16BrNO5S. The van der Waals surface area contributed by atoms with Crippen molar-refractivity contribution in [2.45, 2.75) is 24.8 Å². The number of methoxy groups -OCH3 is 1. The number of benzene rings is 1. The van der Waals surface area contributed by atoms with E-state index in [0.29, 0.717) is 10.2 Å². The van der Waals surface area contributed by atoms with E-state index in [0.717, 1.165) is 0 Å². The second kappa shape index (κ2) is 6.55. The van der Waals surface area contributed by atoms with Gasteiger partial charge >= 0.3 is 5.97 Å². The SMILES string of the molecule is COc1ccc(S(=O)(=O)N[C@H](C(=O)O)C(C)C)c(Br)c1. The van der Waals surface area contributed by atoms with Gasteiger partial charge in [-0.2, -0.15) is 4.72 Å². The predicted molar refractivity (Wildman–Crippen MR) is 77.3 cm³/mol. The molecule has 0 spiro atoms. The van der Waals surface area contributed by atoms with Crippen LogP contribution in [0.5, 0.6) is 5.75 Å². The van der Waals surface area contributed by atoms with Crippen molar-refractivity contribution in [2.75, 3.05) is 7.11 Å². The monoisotopic (exact) mass is 365 g/mol. The van der Waals surface area contributed by atoms with Gasteiger partial charge in [0, 0.05) is 4.47 Å². The zero-order valence-corrected chi connectivity index (χ0v) is 13.7. The highest BCUT2D eigenvalue weighted by Crippen LogP contribution is 2.26. The van der Waals surface area contributed by atoms with Crippen LogP contribution >= 0.6 is 15.9 Å². The Hall–Kier alpha value is -1.12. The number of carboxylic acids is 1. The molecule has 0 saturated heterocycles. The van der Waals surface area contributed by atoms with Crippen LogP contribution in [0.1, 0.15) is 13.8 Å². The zero-order valence-electron chi connectivity index (χ0n) is 11.3. The minimum Gasteiger partial charge on any atom is -0.497 e. The summed E-state index contributed by atoms with van der Waals surface area (Å²) < 4.78 is 31.9. The van der Waals surface area contributed by atoms with Crippen molar-refractivity contribution in [3.05, 3.63) is 22.7 Å². The summed E-state index contributed by atoms with van der Waals surface area (Å²) in [5.74, 6) is -1.10. The summed E-state index contributed by atoms with van der Waals surface area (Å²) in [6.45, 7) is 3.26. The highest BCUT2D eigenvalue weighted by Gasteiger charge is 2.29. The highest BCUT2D eigenvalue weighted by atomic mass is 79.9. The van der Waals surface area contributed by atoms with Gasteiger partial charge < -0.3 is 9.84 Å². The largest absolute Gasteiger partial charge is 0.497 e. The summed E-state index contributed by atoms with van der Waals surface area (Å²) in [6.07, 6.45) is 0. The number of carboxylic acid groups (broad SMARTS) is 1. The number of ether oxygens (including phenoxy) is 1. The molecule has 0 amide bonds. The summed E-state index contributed by atoms with van der Waals surface area (Å²) in [7, 11) is -2.47. The lowest BCUT2D eigenvalue weighted by molar-refractivity contribution is -0.140. The first kappa shape index (κ1) is 16.9. The Morgan fingerprint density at radius 2 is 2.00 bits per heavy atom. The maximum atomic E-state index is 12.2. The zero-order chi connectivity index (χ0) is 15.5. The number of hydrogen-bond acceptors (Lipinski definition) is 4. The maximum absolute atomic E-state index is 12.2. The molecule has 0 saturated carbocycles. The van der Waals surface area contributed by atoms with Crippen LogP contribution in [0.2, 0.25) is 0 Å². The normalized spacial score (nSPS) is 13.2. The summed E-state index contributed by atoms with van der Waals surface area (Å²) in [5, 5.41) is 9.05. The highest BCUT2D eigenvalue weighted by molar-refractivity contribution is 9.10. The van der Waals surface area contributed by atoms with Gasteiger partial charge in [0.15, 0.2) is 0 Å². The van der Waals surface area contributed by atoms with Gasteiger partial charge in [-0.25, -0.2) is 8.42 Å². The number of carbonyl (C=O) groups is 1. The van der Waals surface area contributed by atoms with Crippen molar-refractivity contribution < 1.29 is 23.1 Å². The molecule has 0 aliphatic heterocycles. The third-order valence-corrected chi connectivity index (χ3v) is 5.06. The van der Waals surface area contributed by atoms with Crippen molar-refractivity contribution >= 4 is 31.9 Å². The third kappa shape index (κ3) is 3.94. The topological polar surface area (TPSA) is 92.7 Å². The number of hydrogen-bond donors (Lipinski definition) is 2. The van der Waals surface area contributed by atoms with E-state index in [-0.39, 0.29) is 10.8 Å². The van der Waals surface area contributed by atoms with E-state index in [1.807, 2.05) is 0 Å². The Bertz CT molecular complexity index is 600. The predicted octanol–water partition coefficient (Wildman–Crippen LogP) is 1.85. The Morgan fingerprint density at radius 1 is 1.40 bits per heavy atom. The van der Waals surface area contributed by atoms with Crippen LogP contribution < -0.4 is 9.46 Å². The fraction of sp³-hybridized carbons (Fsp3) is 0.417. The van der Waals surface area contributed by atoms with Gasteiger partial charge in [-0.05, 0) is 40.0 Å². The first-order chi connectivity index (χ1) is 9.19. The van der Waals surface area contributed by atoms with E-state index in [9.17, 15) is 13.2 Å². The van der Waals surface area contributed by atoms with Gasteiger partial charge in [-0.1, -0.05) is 13.8 Å². The molecule has 1 atom stereocenters. The molecule has 2 N–H and O–H groups in total. The first-order valence-corrected chi connectivity index (χ1v) is 8.05. The van der Waals surface area contributed by atoms with Crippen molar-refractivity contribution in [1.29, 1.82) is 0 Å². The molecule has 0 aliphatic carbocycles. The molecule has 0 aliphatic rings. The van der Waals surface area contributed by atoms with Gasteiger partial charge in [-0.3, -0.25) is 4.79 Å². The molecule has 0 heterocycles. The van der Waals surface area contributed by atoms with Crippen molar-refractivity contribution in [1.82, 2.24) is 4.72 Å². The molecule has 20 heavy (non-hydrogen) atoms. The smallest absolute Gasteiger partial charge is 0.322 e. The molecule has 0 unspecified atom stereocenters. The van der Waals surface area contributed by atoms with Crippen molar-refractivity contribution in [3.63, 3.8) is 0 Å². The Labute approximate surface area is 126 Å². The third-order valence-electron chi connectivity index (χ3n) is 2.64. The second-order valence-electron chi connectivity index (χ2n) is 4.48.